The molecule has 0 fully saturated rings. The van der Waals surface area contributed by atoms with Gasteiger partial charge in [0.1, 0.15) is 16.8 Å². The number of anilines is 1. The Morgan fingerprint density at radius 3 is 2.83 bits per heavy atom. The van der Waals surface area contributed by atoms with Crippen LogP contribution in [0.25, 0.3) is 0 Å². The van der Waals surface area contributed by atoms with Gasteiger partial charge in [-0.2, -0.15) is 5.26 Å². The highest BCUT2D eigenvalue weighted by atomic mass is 35.5. The van der Waals surface area contributed by atoms with E-state index in [9.17, 15) is 0 Å². The molecule has 0 radical (unpaired) electrons. The van der Waals surface area contributed by atoms with E-state index in [1.165, 1.54) is 12.3 Å². The van der Waals surface area contributed by atoms with Crippen LogP contribution < -0.4 is 10.5 Å². The summed E-state index contributed by atoms with van der Waals surface area (Å²) < 4.78 is 5.59. The molecule has 1 aromatic heterocycles. The Balaban J connectivity index is 2.38. The van der Waals surface area contributed by atoms with Crippen molar-refractivity contribution in [3.63, 3.8) is 0 Å². The predicted molar refractivity (Wildman–Crippen MR) is 69.6 cm³/mol. The van der Waals surface area contributed by atoms with Crippen LogP contribution in [0.3, 0.4) is 0 Å². The predicted octanol–water partition coefficient (Wildman–Crippen LogP) is 3.29. The molecule has 2 rings (SSSR count). The van der Waals surface area contributed by atoms with Gasteiger partial charge in [0.05, 0.1) is 5.56 Å². The quantitative estimate of drug-likeness (QED) is 0.840. The maximum Gasteiger partial charge on any atom is 0.239 e. The fourth-order valence-corrected chi connectivity index (χ4v) is 1.67. The largest absolute Gasteiger partial charge is 0.437 e. The van der Waals surface area contributed by atoms with E-state index in [0.29, 0.717) is 17.0 Å². The van der Waals surface area contributed by atoms with Gasteiger partial charge in [0.15, 0.2) is 0 Å². The molecular formula is C13H10ClN3O. The molecule has 90 valence electrons. The molecule has 0 saturated carbocycles. The first-order valence-corrected chi connectivity index (χ1v) is 5.58. The van der Waals surface area contributed by atoms with Crippen LogP contribution in [0.4, 0.5) is 5.69 Å². The van der Waals surface area contributed by atoms with E-state index >= 15 is 0 Å². The van der Waals surface area contributed by atoms with E-state index in [1.807, 2.05) is 13.0 Å². The standard InChI is InChI=1S/C13H10ClN3O/c1-8-6-10(16)2-3-11(8)18-13-12(14)9(7-15)4-5-17-13/h2-6H,16H2,1H3. The molecule has 5 heteroatoms. The van der Waals surface area contributed by atoms with Crippen LogP contribution in [0, 0.1) is 18.3 Å². The molecule has 2 aromatic rings. The Morgan fingerprint density at radius 2 is 2.17 bits per heavy atom. The van der Waals surface area contributed by atoms with Crippen LogP contribution in [0.1, 0.15) is 11.1 Å². The molecule has 0 unspecified atom stereocenters. The summed E-state index contributed by atoms with van der Waals surface area (Å²) in [5, 5.41) is 9.07. The van der Waals surface area contributed by atoms with Crippen molar-refractivity contribution in [2.24, 2.45) is 0 Å². The first-order valence-electron chi connectivity index (χ1n) is 5.20. The zero-order chi connectivity index (χ0) is 13.1. The maximum atomic E-state index is 8.87. The number of nitrogens with two attached hydrogens (primary N) is 1. The number of rotatable bonds is 2. The summed E-state index contributed by atoms with van der Waals surface area (Å²) in [6.07, 6.45) is 1.48. The third kappa shape index (κ3) is 2.36. The summed E-state index contributed by atoms with van der Waals surface area (Å²) in [7, 11) is 0. The molecule has 0 amide bonds. The normalized spacial score (nSPS) is 9.83. The van der Waals surface area contributed by atoms with Gasteiger partial charge in [-0.15, -0.1) is 0 Å². The van der Waals surface area contributed by atoms with Crippen molar-refractivity contribution in [3.8, 4) is 17.7 Å². The van der Waals surface area contributed by atoms with Crippen molar-refractivity contribution in [1.29, 1.82) is 5.26 Å². The van der Waals surface area contributed by atoms with Crippen LogP contribution in [0.5, 0.6) is 11.6 Å². The minimum absolute atomic E-state index is 0.205. The zero-order valence-corrected chi connectivity index (χ0v) is 10.4. The van der Waals surface area contributed by atoms with Crippen molar-refractivity contribution in [3.05, 3.63) is 46.6 Å². The van der Waals surface area contributed by atoms with Crippen molar-refractivity contribution in [2.45, 2.75) is 6.92 Å². The molecule has 18 heavy (non-hydrogen) atoms. The molecule has 0 aliphatic rings. The van der Waals surface area contributed by atoms with Crippen molar-refractivity contribution < 1.29 is 4.74 Å². The number of aryl methyl sites for hydroxylation is 1. The molecule has 4 nitrogen and oxygen atoms in total. The minimum atomic E-state index is 0.205. The van der Waals surface area contributed by atoms with E-state index in [-0.39, 0.29) is 10.9 Å². The summed E-state index contributed by atoms with van der Waals surface area (Å²) in [6.45, 7) is 1.87. The van der Waals surface area contributed by atoms with Crippen LogP contribution in [-0.4, -0.2) is 4.98 Å². The highest BCUT2D eigenvalue weighted by Gasteiger charge is 2.10. The zero-order valence-electron chi connectivity index (χ0n) is 9.64. The smallest absolute Gasteiger partial charge is 0.239 e. The number of nitriles is 1. The fraction of sp³-hybridized carbons (Fsp3) is 0.0769. The molecule has 0 aliphatic carbocycles. The first-order chi connectivity index (χ1) is 8.61. The number of hydrogen-bond donors (Lipinski definition) is 1. The number of nitrogens with zero attached hydrogens (tertiary/aromatic N) is 2. The summed E-state index contributed by atoms with van der Waals surface area (Å²) in [5.41, 5.74) is 7.51. The van der Waals surface area contributed by atoms with Gasteiger partial charge >= 0.3 is 0 Å². The lowest BCUT2D eigenvalue weighted by molar-refractivity contribution is 0.459. The van der Waals surface area contributed by atoms with Gasteiger partial charge in [-0.05, 0) is 36.8 Å². The fourth-order valence-electron chi connectivity index (χ4n) is 1.47. The maximum absolute atomic E-state index is 8.87. The van der Waals surface area contributed by atoms with Crippen LogP contribution >= 0.6 is 11.6 Å². The first kappa shape index (κ1) is 12.2. The van der Waals surface area contributed by atoms with E-state index in [2.05, 4.69) is 4.98 Å². The Labute approximate surface area is 110 Å². The molecule has 2 N–H and O–H groups in total. The Kier molecular flexibility index (Phi) is 3.35. The third-order valence-electron chi connectivity index (χ3n) is 2.38. The monoisotopic (exact) mass is 259 g/mol. The van der Waals surface area contributed by atoms with Crippen LogP contribution in [-0.2, 0) is 0 Å². The molecule has 0 saturated heterocycles. The molecule has 0 atom stereocenters. The van der Waals surface area contributed by atoms with Gasteiger partial charge < -0.3 is 10.5 Å². The number of nitrogen functional groups attached to an aromatic ring is 1. The average molecular weight is 260 g/mol. The van der Waals surface area contributed by atoms with E-state index in [4.69, 9.17) is 27.3 Å². The number of halogens is 1. The minimum Gasteiger partial charge on any atom is -0.437 e. The highest BCUT2D eigenvalue weighted by Crippen LogP contribution is 2.31. The second-order valence-corrected chi connectivity index (χ2v) is 4.09. The van der Waals surface area contributed by atoms with Crippen molar-refractivity contribution >= 4 is 17.3 Å². The SMILES string of the molecule is Cc1cc(N)ccc1Oc1nccc(C#N)c1Cl. The number of benzene rings is 1. The molecule has 1 aromatic carbocycles. The topological polar surface area (TPSA) is 71.9 Å². The Hall–Kier alpha value is -2.25. The van der Waals surface area contributed by atoms with E-state index < -0.39 is 0 Å². The highest BCUT2D eigenvalue weighted by molar-refractivity contribution is 6.33. The number of aromatic nitrogens is 1. The lowest BCUT2D eigenvalue weighted by Crippen LogP contribution is -1.94. The third-order valence-corrected chi connectivity index (χ3v) is 2.75. The molecule has 1 heterocycles. The molecule has 0 bridgehead atoms. The van der Waals surface area contributed by atoms with Gasteiger partial charge in [-0.3, -0.25) is 0 Å². The number of ether oxygens (including phenoxy) is 1. The van der Waals surface area contributed by atoms with Crippen LogP contribution in [0.2, 0.25) is 5.02 Å². The summed E-state index contributed by atoms with van der Waals surface area (Å²) in [6, 6.07) is 8.76. The lowest BCUT2D eigenvalue weighted by atomic mass is 10.2. The second kappa shape index (κ2) is 4.94. The Bertz CT molecular complexity index is 635. The molecule has 0 spiro atoms. The number of hydrogen-bond acceptors (Lipinski definition) is 4. The van der Waals surface area contributed by atoms with Gasteiger partial charge in [-0.1, -0.05) is 11.6 Å². The average Bonchev–Trinajstić information content (AvgIpc) is 2.35. The van der Waals surface area contributed by atoms with Gasteiger partial charge in [0.2, 0.25) is 5.88 Å². The summed E-state index contributed by atoms with van der Waals surface area (Å²) >= 11 is 6.01. The number of pyridine rings is 1. The van der Waals surface area contributed by atoms with Gasteiger partial charge in [-0.25, -0.2) is 4.98 Å². The van der Waals surface area contributed by atoms with Gasteiger partial charge in [0.25, 0.3) is 0 Å². The lowest BCUT2D eigenvalue weighted by Gasteiger charge is -2.09. The van der Waals surface area contributed by atoms with Crippen molar-refractivity contribution in [2.75, 3.05) is 5.73 Å². The second-order valence-electron chi connectivity index (χ2n) is 3.72. The van der Waals surface area contributed by atoms with E-state index in [1.54, 1.807) is 18.2 Å². The summed E-state index contributed by atoms with van der Waals surface area (Å²) in [4.78, 5) is 4.01. The Morgan fingerprint density at radius 1 is 1.39 bits per heavy atom. The van der Waals surface area contributed by atoms with Crippen LogP contribution in [0.15, 0.2) is 30.5 Å². The van der Waals surface area contributed by atoms with Gasteiger partial charge in [0, 0.05) is 11.9 Å². The molecular weight excluding hydrogens is 250 g/mol. The van der Waals surface area contributed by atoms with E-state index in [0.717, 1.165) is 5.56 Å². The van der Waals surface area contributed by atoms with Crippen molar-refractivity contribution in [1.82, 2.24) is 4.98 Å². The molecule has 0 aliphatic heterocycles. The summed E-state index contributed by atoms with van der Waals surface area (Å²) in [5.74, 6) is 0.817.